The van der Waals surface area contributed by atoms with Gasteiger partial charge >= 0.3 is 0 Å². The normalized spacial score (nSPS) is 28.2. The van der Waals surface area contributed by atoms with E-state index in [9.17, 15) is 4.79 Å². The molecule has 0 radical (unpaired) electrons. The molecule has 1 aliphatic carbocycles. The molecule has 1 aromatic rings. The minimum absolute atomic E-state index is 0.142. The Morgan fingerprint density at radius 1 is 1.20 bits per heavy atom. The highest BCUT2D eigenvalue weighted by Crippen LogP contribution is 2.38. The standard InChI is InChI=1S/C17H24N2O/c1-12(16(18)13-6-3-2-4-7-13)17(20)19-10-14-8-5-9-15(14)11-19/h2-4,6-7,12,14-16H,5,8-11,18H2,1H3. The first-order valence-electron chi connectivity index (χ1n) is 7.76. The Morgan fingerprint density at radius 3 is 2.40 bits per heavy atom. The number of nitrogens with zero attached hydrogens (tertiary/aromatic N) is 1. The van der Waals surface area contributed by atoms with E-state index >= 15 is 0 Å². The molecule has 4 atom stereocenters. The summed E-state index contributed by atoms with van der Waals surface area (Å²) in [5.74, 6) is 1.59. The van der Waals surface area contributed by atoms with E-state index in [4.69, 9.17) is 5.73 Å². The summed E-state index contributed by atoms with van der Waals surface area (Å²) in [6.45, 7) is 3.87. The van der Waals surface area contributed by atoms with Crippen molar-refractivity contribution in [2.75, 3.05) is 13.1 Å². The molecule has 20 heavy (non-hydrogen) atoms. The molecule has 2 aliphatic rings. The molecule has 3 rings (SSSR count). The molecule has 0 spiro atoms. The van der Waals surface area contributed by atoms with Gasteiger partial charge in [0, 0.05) is 19.1 Å². The number of fused-ring (bicyclic) bond motifs is 1. The van der Waals surface area contributed by atoms with E-state index in [1.165, 1.54) is 19.3 Å². The van der Waals surface area contributed by atoms with E-state index in [0.717, 1.165) is 30.5 Å². The topological polar surface area (TPSA) is 46.3 Å². The second kappa shape index (κ2) is 5.57. The second-order valence-corrected chi connectivity index (χ2v) is 6.42. The number of carbonyl (C=O) groups is 1. The summed E-state index contributed by atoms with van der Waals surface area (Å²) in [6.07, 6.45) is 3.94. The van der Waals surface area contributed by atoms with Crippen molar-refractivity contribution in [3.05, 3.63) is 35.9 Å². The van der Waals surface area contributed by atoms with E-state index in [1.54, 1.807) is 0 Å². The van der Waals surface area contributed by atoms with Crippen molar-refractivity contribution in [2.45, 2.75) is 32.2 Å². The van der Waals surface area contributed by atoms with Gasteiger partial charge in [0.15, 0.2) is 0 Å². The van der Waals surface area contributed by atoms with E-state index in [1.807, 2.05) is 37.3 Å². The molecule has 0 aromatic heterocycles. The number of rotatable bonds is 3. The Balaban J connectivity index is 1.65. The molecule has 108 valence electrons. The molecule has 1 saturated heterocycles. The van der Waals surface area contributed by atoms with Crippen molar-refractivity contribution in [2.24, 2.45) is 23.5 Å². The zero-order valence-corrected chi connectivity index (χ0v) is 12.2. The van der Waals surface area contributed by atoms with E-state index in [2.05, 4.69) is 4.90 Å². The number of nitrogens with two attached hydrogens (primary N) is 1. The van der Waals surface area contributed by atoms with Crippen LogP contribution in [0.25, 0.3) is 0 Å². The van der Waals surface area contributed by atoms with Gasteiger partial charge in [-0.3, -0.25) is 4.79 Å². The SMILES string of the molecule is CC(C(=O)N1CC2CCCC2C1)C(N)c1ccccc1. The molecule has 1 saturated carbocycles. The Bertz CT molecular complexity index is 461. The van der Waals surface area contributed by atoms with E-state index < -0.39 is 0 Å². The van der Waals surface area contributed by atoms with Crippen molar-refractivity contribution in [1.29, 1.82) is 0 Å². The number of amides is 1. The highest BCUT2D eigenvalue weighted by molar-refractivity contribution is 5.79. The molecule has 2 fully saturated rings. The van der Waals surface area contributed by atoms with Gasteiger partial charge in [-0.25, -0.2) is 0 Å². The van der Waals surface area contributed by atoms with Crippen LogP contribution in [0, 0.1) is 17.8 Å². The first-order chi connectivity index (χ1) is 9.66. The Hall–Kier alpha value is -1.35. The third kappa shape index (κ3) is 2.47. The van der Waals surface area contributed by atoms with Gasteiger partial charge in [0.05, 0.1) is 5.92 Å². The van der Waals surface area contributed by atoms with E-state index in [-0.39, 0.29) is 17.9 Å². The van der Waals surface area contributed by atoms with Crippen LogP contribution in [0.3, 0.4) is 0 Å². The number of benzene rings is 1. The van der Waals surface area contributed by atoms with Crippen molar-refractivity contribution in [3.8, 4) is 0 Å². The fraction of sp³-hybridized carbons (Fsp3) is 0.588. The first kappa shape index (κ1) is 13.6. The monoisotopic (exact) mass is 272 g/mol. The van der Waals surface area contributed by atoms with Crippen LogP contribution >= 0.6 is 0 Å². The smallest absolute Gasteiger partial charge is 0.227 e. The predicted molar refractivity (Wildman–Crippen MR) is 79.9 cm³/mol. The van der Waals surface area contributed by atoms with Crippen LogP contribution in [0.15, 0.2) is 30.3 Å². The van der Waals surface area contributed by atoms with Crippen LogP contribution in [0.4, 0.5) is 0 Å². The third-order valence-corrected chi connectivity index (χ3v) is 5.15. The number of likely N-dealkylation sites (tertiary alicyclic amines) is 1. The van der Waals surface area contributed by atoms with Crippen LogP contribution in [0.5, 0.6) is 0 Å². The summed E-state index contributed by atoms with van der Waals surface area (Å²) in [4.78, 5) is 14.7. The summed E-state index contributed by atoms with van der Waals surface area (Å²) in [5.41, 5.74) is 7.32. The lowest BCUT2D eigenvalue weighted by Crippen LogP contribution is -2.38. The van der Waals surface area contributed by atoms with Crippen molar-refractivity contribution < 1.29 is 4.79 Å². The fourth-order valence-electron chi connectivity index (χ4n) is 3.82. The molecule has 1 amide bonds. The van der Waals surface area contributed by atoms with Gasteiger partial charge in [-0.1, -0.05) is 43.7 Å². The zero-order chi connectivity index (χ0) is 14.1. The molecule has 0 bridgehead atoms. The van der Waals surface area contributed by atoms with Gasteiger partial charge in [0.25, 0.3) is 0 Å². The Kier molecular flexibility index (Phi) is 3.79. The van der Waals surface area contributed by atoms with Crippen LogP contribution in [-0.4, -0.2) is 23.9 Å². The lowest BCUT2D eigenvalue weighted by atomic mass is 9.94. The van der Waals surface area contributed by atoms with Crippen LogP contribution in [0.2, 0.25) is 0 Å². The minimum atomic E-state index is -0.204. The summed E-state index contributed by atoms with van der Waals surface area (Å²) in [6, 6.07) is 9.74. The summed E-state index contributed by atoms with van der Waals surface area (Å²) >= 11 is 0. The van der Waals surface area contributed by atoms with E-state index in [0.29, 0.717) is 0 Å². The van der Waals surface area contributed by atoms with Crippen LogP contribution in [-0.2, 0) is 4.79 Å². The van der Waals surface area contributed by atoms with Crippen molar-refractivity contribution in [1.82, 2.24) is 4.90 Å². The highest BCUT2D eigenvalue weighted by atomic mass is 16.2. The molecule has 1 aliphatic heterocycles. The summed E-state index contributed by atoms with van der Waals surface area (Å²) in [5, 5.41) is 0. The van der Waals surface area contributed by atoms with Crippen molar-refractivity contribution in [3.63, 3.8) is 0 Å². The average molecular weight is 272 g/mol. The predicted octanol–water partition coefficient (Wildman–Crippen LogP) is 2.58. The number of hydrogen-bond donors (Lipinski definition) is 1. The number of carbonyl (C=O) groups excluding carboxylic acids is 1. The van der Waals surface area contributed by atoms with Crippen LogP contribution < -0.4 is 5.73 Å². The fourth-order valence-corrected chi connectivity index (χ4v) is 3.82. The molecular weight excluding hydrogens is 248 g/mol. The maximum atomic E-state index is 12.6. The number of hydrogen-bond acceptors (Lipinski definition) is 2. The van der Waals surface area contributed by atoms with Gasteiger partial charge in [0.2, 0.25) is 5.91 Å². The lowest BCUT2D eigenvalue weighted by molar-refractivity contribution is -0.134. The second-order valence-electron chi connectivity index (χ2n) is 6.42. The van der Waals surface area contributed by atoms with Crippen molar-refractivity contribution >= 4 is 5.91 Å². The van der Waals surface area contributed by atoms with Gasteiger partial charge in [-0.2, -0.15) is 0 Å². The van der Waals surface area contributed by atoms with Gasteiger partial charge in [-0.15, -0.1) is 0 Å². The Labute approximate surface area is 121 Å². The quantitative estimate of drug-likeness (QED) is 0.919. The summed E-state index contributed by atoms with van der Waals surface area (Å²) in [7, 11) is 0. The zero-order valence-electron chi connectivity index (χ0n) is 12.2. The minimum Gasteiger partial charge on any atom is -0.342 e. The third-order valence-electron chi connectivity index (χ3n) is 5.15. The molecule has 4 unspecified atom stereocenters. The molecule has 3 heteroatoms. The van der Waals surface area contributed by atoms with Gasteiger partial charge in [0.1, 0.15) is 0 Å². The lowest BCUT2D eigenvalue weighted by Gasteiger charge is -2.26. The highest BCUT2D eigenvalue weighted by Gasteiger charge is 2.39. The molecular formula is C17H24N2O. The molecule has 3 nitrogen and oxygen atoms in total. The van der Waals surface area contributed by atoms with Gasteiger partial charge < -0.3 is 10.6 Å². The Morgan fingerprint density at radius 2 is 1.80 bits per heavy atom. The molecule has 1 heterocycles. The molecule has 2 N–H and O–H groups in total. The average Bonchev–Trinajstić information content (AvgIpc) is 3.07. The summed E-state index contributed by atoms with van der Waals surface area (Å²) < 4.78 is 0. The molecule has 1 aromatic carbocycles. The maximum Gasteiger partial charge on any atom is 0.227 e. The maximum absolute atomic E-state index is 12.6. The largest absolute Gasteiger partial charge is 0.342 e. The van der Waals surface area contributed by atoms with Gasteiger partial charge in [-0.05, 0) is 30.2 Å². The first-order valence-corrected chi connectivity index (χ1v) is 7.76. The van der Waals surface area contributed by atoms with Crippen LogP contribution in [0.1, 0.15) is 37.8 Å².